The molecule has 0 aliphatic heterocycles. The maximum Gasteiger partial charge on any atom is 0.255 e. The Kier molecular flexibility index (Phi) is 15.8. The van der Waals surface area contributed by atoms with Crippen LogP contribution in [-0.4, -0.2) is 62.5 Å². The number of carbonyl (C=O) groups excluding carboxylic acids is 2. The van der Waals surface area contributed by atoms with Gasteiger partial charge in [-0.25, -0.2) is 0 Å². The van der Waals surface area contributed by atoms with Gasteiger partial charge in [0.05, 0.1) is 18.3 Å². The van der Waals surface area contributed by atoms with Gasteiger partial charge in [0.25, 0.3) is 5.91 Å². The van der Waals surface area contributed by atoms with Crippen molar-refractivity contribution in [1.82, 2.24) is 10.6 Å². The van der Waals surface area contributed by atoms with Crippen molar-refractivity contribution in [1.29, 1.82) is 0 Å². The maximum absolute atomic E-state index is 12.9. The molecule has 0 aromatic heterocycles. The highest BCUT2D eigenvalue weighted by Crippen LogP contribution is 2.21. The third-order valence-corrected chi connectivity index (χ3v) is 5.82. The lowest BCUT2D eigenvalue weighted by Crippen LogP contribution is -2.47. The fourth-order valence-corrected chi connectivity index (χ4v) is 3.34. The number of halogens is 1. The normalized spacial score (nSPS) is 14.0. The van der Waals surface area contributed by atoms with Gasteiger partial charge in [-0.1, -0.05) is 46.8 Å². The maximum atomic E-state index is 12.9. The Hall–Kier alpha value is -1.87. The molecule has 8 nitrogen and oxygen atoms in total. The van der Waals surface area contributed by atoms with Gasteiger partial charge in [0.2, 0.25) is 5.91 Å². The van der Waals surface area contributed by atoms with Crippen molar-refractivity contribution in [3.63, 3.8) is 0 Å². The van der Waals surface area contributed by atoms with Crippen molar-refractivity contribution >= 4 is 24.2 Å². The molecule has 2 amide bonds. The summed E-state index contributed by atoms with van der Waals surface area (Å²) in [6, 6.07) is 6.68. The monoisotopic (exact) mass is 515 g/mol. The zero-order valence-corrected chi connectivity index (χ0v) is 23.0. The van der Waals surface area contributed by atoms with E-state index in [1.54, 1.807) is 19.2 Å². The summed E-state index contributed by atoms with van der Waals surface area (Å²) >= 11 is 0. The lowest BCUT2D eigenvalue weighted by Gasteiger charge is -2.28. The molecule has 9 heteroatoms. The van der Waals surface area contributed by atoms with Crippen molar-refractivity contribution in [3.05, 3.63) is 29.8 Å². The van der Waals surface area contributed by atoms with Gasteiger partial charge >= 0.3 is 0 Å². The predicted molar refractivity (Wildman–Crippen MR) is 142 cm³/mol. The lowest BCUT2D eigenvalue weighted by molar-refractivity contribution is -0.129. The Bertz CT molecular complexity index is 755. The van der Waals surface area contributed by atoms with Crippen molar-refractivity contribution in [2.75, 3.05) is 33.4 Å². The fourth-order valence-electron chi connectivity index (χ4n) is 3.34. The third kappa shape index (κ3) is 12.6. The van der Waals surface area contributed by atoms with Gasteiger partial charge < -0.3 is 30.9 Å². The summed E-state index contributed by atoms with van der Waals surface area (Å²) in [6.45, 7) is 11.3. The molecule has 0 fully saturated rings. The van der Waals surface area contributed by atoms with Gasteiger partial charge in [0.1, 0.15) is 5.75 Å². The molecule has 1 aromatic carbocycles. The van der Waals surface area contributed by atoms with E-state index in [0.717, 1.165) is 12.8 Å². The number of amides is 2. The van der Waals surface area contributed by atoms with E-state index in [4.69, 9.17) is 15.2 Å². The average Bonchev–Trinajstić information content (AvgIpc) is 2.78. The highest BCUT2D eigenvalue weighted by Gasteiger charge is 2.26. The predicted octanol–water partition coefficient (Wildman–Crippen LogP) is 3.16. The van der Waals surface area contributed by atoms with Crippen LogP contribution in [0.3, 0.4) is 0 Å². The van der Waals surface area contributed by atoms with E-state index < -0.39 is 17.6 Å². The van der Waals surface area contributed by atoms with Gasteiger partial charge in [0, 0.05) is 38.3 Å². The minimum Gasteiger partial charge on any atom is -0.493 e. The largest absolute Gasteiger partial charge is 0.493 e. The first kappa shape index (κ1) is 33.1. The number of methoxy groups -OCH3 is 1. The summed E-state index contributed by atoms with van der Waals surface area (Å²) in [4.78, 5) is 24.9. The van der Waals surface area contributed by atoms with Crippen LogP contribution in [0.25, 0.3) is 0 Å². The molecule has 0 spiro atoms. The SMILES string of the molecule is COCCCCOc1ccccc1C(=O)NCC(CC(N)C(O)CNC(=O)C(C)(C)C)C(C)C.Cl. The van der Waals surface area contributed by atoms with E-state index in [1.165, 1.54) is 0 Å². The Morgan fingerprint density at radius 3 is 2.29 bits per heavy atom. The van der Waals surface area contributed by atoms with Gasteiger partial charge in [-0.2, -0.15) is 0 Å². The van der Waals surface area contributed by atoms with Crippen molar-refractivity contribution < 1.29 is 24.2 Å². The van der Waals surface area contributed by atoms with Crippen molar-refractivity contribution in [2.24, 2.45) is 23.0 Å². The molecule has 0 radical (unpaired) electrons. The number of unbranched alkanes of at least 4 members (excludes halogenated alkanes) is 1. The van der Waals surface area contributed by atoms with Crippen LogP contribution in [0.1, 0.15) is 64.2 Å². The number of hydrogen-bond donors (Lipinski definition) is 4. The molecule has 3 atom stereocenters. The van der Waals surface area contributed by atoms with E-state index >= 15 is 0 Å². The topological polar surface area (TPSA) is 123 Å². The molecular formula is C26H46ClN3O5. The molecule has 0 aliphatic rings. The second-order valence-electron chi connectivity index (χ2n) is 10.2. The molecule has 0 aliphatic carbocycles. The number of aliphatic hydroxyl groups excluding tert-OH is 1. The number of para-hydroxylation sites is 1. The Labute approximate surface area is 217 Å². The summed E-state index contributed by atoms with van der Waals surface area (Å²) < 4.78 is 10.9. The molecule has 5 N–H and O–H groups in total. The number of hydrogen-bond acceptors (Lipinski definition) is 6. The zero-order valence-electron chi connectivity index (χ0n) is 22.1. The summed E-state index contributed by atoms with van der Waals surface area (Å²) in [5, 5.41) is 16.2. The van der Waals surface area contributed by atoms with Crippen LogP contribution >= 0.6 is 12.4 Å². The smallest absolute Gasteiger partial charge is 0.255 e. The summed E-state index contributed by atoms with van der Waals surface area (Å²) in [5.74, 6) is 0.528. The van der Waals surface area contributed by atoms with E-state index in [2.05, 4.69) is 24.5 Å². The number of ether oxygens (including phenoxy) is 2. The van der Waals surface area contributed by atoms with Gasteiger partial charge in [0.15, 0.2) is 0 Å². The molecule has 202 valence electrons. The first-order valence-corrected chi connectivity index (χ1v) is 12.2. The van der Waals surface area contributed by atoms with Gasteiger partial charge in [-0.3, -0.25) is 9.59 Å². The molecular weight excluding hydrogens is 470 g/mol. The van der Waals surface area contributed by atoms with Crippen molar-refractivity contribution in [3.8, 4) is 5.75 Å². The zero-order chi connectivity index (χ0) is 25.7. The second-order valence-corrected chi connectivity index (χ2v) is 10.2. The van der Waals surface area contributed by atoms with E-state index in [-0.39, 0.29) is 42.6 Å². The Morgan fingerprint density at radius 1 is 1.06 bits per heavy atom. The van der Waals surface area contributed by atoms with E-state index in [0.29, 0.717) is 37.5 Å². The average molecular weight is 516 g/mol. The highest BCUT2D eigenvalue weighted by atomic mass is 35.5. The fraction of sp³-hybridized carbons (Fsp3) is 0.692. The number of carbonyl (C=O) groups is 2. The number of rotatable bonds is 15. The van der Waals surface area contributed by atoms with Crippen LogP contribution in [-0.2, 0) is 9.53 Å². The molecule has 0 saturated carbocycles. The van der Waals surface area contributed by atoms with E-state index in [1.807, 2.05) is 32.9 Å². The third-order valence-electron chi connectivity index (χ3n) is 5.82. The molecule has 0 saturated heterocycles. The van der Waals surface area contributed by atoms with Gasteiger partial charge in [-0.05, 0) is 43.2 Å². The quantitative estimate of drug-likeness (QED) is 0.266. The van der Waals surface area contributed by atoms with Crippen LogP contribution in [0.4, 0.5) is 0 Å². The second kappa shape index (κ2) is 16.7. The number of nitrogens with two attached hydrogens (primary N) is 1. The van der Waals surface area contributed by atoms with Crippen LogP contribution in [0, 0.1) is 17.3 Å². The molecule has 3 unspecified atom stereocenters. The first-order chi connectivity index (χ1) is 16.0. The standard InChI is InChI=1S/C26H45N3O5.ClH/c1-18(2)19(15-21(27)22(30)17-29-25(32)26(3,4)5)16-28-24(31)20-11-7-8-12-23(20)34-14-10-9-13-33-6;/h7-8,11-12,18-19,21-22,30H,9-10,13-17,27H2,1-6H3,(H,28,31)(H,29,32);1H. The molecule has 35 heavy (non-hydrogen) atoms. The highest BCUT2D eigenvalue weighted by molar-refractivity contribution is 5.96. The number of benzene rings is 1. The summed E-state index contributed by atoms with van der Waals surface area (Å²) in [7, 11) is 1.67. The number of aliphatic hydroxyl groups is 1. The summed E-state index contributed by atoms with van der Waals surface area (Å²) in [6.07, 6.45) is 1.39. The molecule has 0 heterocycles. The van der Waals surface area contributed by atoms with Crippen LogP contribution in [0.5, 0.6) is 5.75 Å². The molecule has 1 aromatic rings. The van der Waals surface area contributed by atoms with Crippen LogP contribution in [0.2, 0.25) is 0 Å². The Balaban J connectivity index is 0.0000116. The van der Waals surface area contributed by atoms with Crippen LogP contribution < -0.4 is 21.1 Å². The first-order valence-electron chi connectivity index (χ1n) is 12.2. The molecule has 0 bridgehead atoms. The Morgan fingerprint density at radius 2 is 1.69 bits per heavy atom. The minimum atomic E-state index is -0.865. The minimum absolute atomic E-state index is 0. The van der Waals surface area contributed by atoms with E-state index in [9.17, 15) is 14.7 Å². The van der Waals surface area contributed by atoms with Gasteiger partial charge in [-0.15, -0.1) is 12.4 Å². The summed E-state index contributed by atoms with van der Waals surface area (Å²) in [5.41, 5.74) is 6.20. The molecule has 1 rings (SSSR count). The lowest BCUT2D eigenvalue weighted by atomic mass is 9.87. The van der Waals surface area contributed by atoms with Crippen molar-refractivity contribution in [2.45, 2.75) is 66.0 Å². The number of nitrogens with one attached hydrogen (secondary N) is 2. The van der Waals surface area contributed by atoms with Crippen LogP contribution in [0.15, 0.2) is 24.3 Å².